The van der Waals surface area contributed by atoms with Gasteiger partial charge in [-0.3, -0.25) is 9.69 Å². The van der Waals surface area contributed by atoms with Gasteiger partial charge < -0.3 is 14.5 Å². The van der Waals surface area contributed by atoms with Crippen molar-refractivity contribution in [2.24, 2.45) is 0 Å². The normalized spacial score (nSPS) is 22.1. The van der Waals surface area contributed by atoms with Crippen molar-refractivity contribution in [3.8, 4) is 0 Å². The Balaban J connectivity index is 1.23. The van der Waals surface area contributed by atoms with Gasteiger partial charge in [0.15, 0.2) is 0 Å². The van der Waals surface area contributed by atoms with Gasteiger partial charge in [-0.05, 0) is 35.2 Å². The third-order valence-electron chi connectivity index (χ3n) is 6.59. The molecule has 1 atom stereocenters. The van der Waals surface area contributed by atoms with Gasteiger partial charge in [0, 0.05) is 45.0 Å². The molecule has 2 aromatic rings. The van der Waals surface area contributed by atoms with Crippen LogP contribution in [0.2, 0.25) is 0 Å². The van der Waals surface area contributed by atoms with E-state index in [1.165, 1.54) is 16.8 Å². The van der Waals surface area contributed by atoms with Gasteiger partial charge >= 0.3 is 0 Å². The SMILES string of the molecule is O=C(Cc1ccc(N2CCOCC2)cc1)N1CCN2CCc3ccccc3C2C1. The maximum absolute atomic E-state index is 13.0. The number of anilines is 1. The second-order valence-corrected chi connectivity index (χ2v) is 8.28. The summed E-state index contributed by atoms with van der Waals surface area (Å²) in [6, 6.07) is 17.6. The molecule has 0 spiro atoms. The van der Waals surface area contributed by atoms with Gasteiger partial charge in [-0.15, -0.1) is 0 Å². The number of hydrogen-bond acceptors (Lipinski definition) is 4. The smallest absolute Gasteiger partial charge is 0.227 e. The van der Waals surface area contributed by atoms with E-state index in [1.807, 2.05) is 0 Å². The van der Waals surface area contributed by atoms with Crippen LogP contribution < -0.4 is 4.90 Å². The van der Waals surface area contributed by atoms with Gasteiger partial charge in [-0.2, -0.15) is 0 Å². The lowest BCUT2D eigenvalue weighted by atomic mass is 9.91. The van der Waals surface area contributed by atoms with Gasteiger partial charge in [-0.1, -0.05) is 36.4 Å². The molecule has 0 saturated carbocycles. The molecule has 0 aromatic heterocycles. The summed E-state index contributed by atoms with van der Waals surface area (Å²) in [6.07, 6.45) is 1.61. The first kappa shape index (κ1) is 18.6. The Hall–Kier alpha value is -2.37. The molecule has 2 fully saturated rings. The number of morpholine rings is 1. The minimum Gasteiger partial charge on any atom is -0.378 e. The van der Waals surface area contributed by atoms with E-state index < -0.39 is 0 Å². The number of amides is 1. The minimum atomic E-state index is 0.242. The largest absolute Gasteiger partial charge is 0.378 e. The first-order chi connectivity index (χ1) is 14.3. The van der Waals surface area contributed by atoms with Crippen molar-refractivity contribution in [3.05, 3.63) is 65.2 Å². The third kappa shape index (κ3) is 3.89. The molecule has 1 amide bonds. The zero-order valence-corrected chi connectivity index (χ0v) is 16.9. The third-order valence-corrected chi connectivity index (χ3v) is 6.59. The molecule has 3 heterocycles. The molecule has 1 unspecified atom stereocenters. The lowest BCUT2D eigenvalue weighted by Gasteiger charge is -2.45. The predicted octanol–water partition coefficient (Wildman–Crippen LogP) is 2.51. The molecule has 0 aliphatic carbocycles. The fourth-order valence-corrected chi connectivity index (χ4v) is 4.89. The molecule has 2 aromatic carbocycles. The molecule has 5 nitrogen and oxygen atoms in total. The second kappa shape index (κ2) is 8.17. The topological polar surface area (TPSA) is 36.0 Å². The molecule has 0 radical (unpaired) electrons. The summed E-state index contributed by atoms with van der Waals surface area (Å²) in [6.45, 7) is 7.17. The summed E-state index contributed by atoms with van der Waals surface area (Å²) in [5, 5.41) is 0. The lowest BCUT2D eigenvalue weighted by molar-refractivity contribution is -0.133. The van der Waals surface area contributed by atoms with Crippen molar-refractivity contribution >= 4 is 11.6 Å². The van der Waals surface area contributed by atoms with Gasteiger partial charge in [0.25, 0.3) is 0 Å². The molecule has 5 heteroatoms. The molecule has 0 bridgehead atoms. The zero-order chi connectivity index (χ0) is 19.6. The van der Waals surface area contributed by atoms with Crippen LogP contribution in [0.25, 0.3) is 0 Å². The quantitative estimate of drug-likeness (QED) is 0.806. The number of ether oxygens (including phenoxy) is 1. The molecule has 5 rings (SSSR count). The molecule has 3 aliphatic rings. The van der Waals surface area contributed by atoms with Crippen LogP contribution in [-0.2, 0) is 22.4 Å². The highest BCUT2D eigenvalue weighted by Gasteiger charge is 2.33. The van der Waals surface area contributed by atoms with Gasteiger partial charge in [0.05, 0.1) is 25.7 Å². The average molecular weight is 392 g/mol. The van der Waals surface area contributed by atoms with Crippen molar-refractivity contribution in [1.29, 1.82) is 0 Å². The van der Waals surface area contributed by atoms with E-state index in [1.54, 1.807) is 0 Å². The zero-order valence-electron chi connectivity index (χ0n) is 16.9. The molecule has 3 aliphatic heterocycles. The van der Waals surface area contributed by atoms with Crippen molar-refractivity contribution < 1.29 is 9.53 Å². The number of hydrogen-bond donors (Lipinski definition) is 0. The summed E-state index contributed by atoms with van der Waals surface area (Å²) < 4.78 is 5.43. The Bertz CT molecular complexity index is 861. The van der Waals surface area contributed by atoms with E-state index in [0.717, 1.165) is 64.5 Å². The summed E-state index contributed by atoms with van der Waals surface area (Å²) >= 11 is 0. The number of carbonyl (C=O) groups excluding carboxylic acids is 1. The highest BCUT2D eigenvalue weighted by atomic mass is 16.5. The number of benzene rings is 2. The Morgan fingerprint density at radius 2 is 1.72 bits per heavy atom. The van der Waals surface area contributed by atoms with E-state index >= 15 is 0 Å². The summed E-state index contributed by atoms with van der Waals surface area (Å²) in [5.41, 5.74) is 5.17. The standard InChI is InChI=1S/C24H29N3O2/c28-24(17-19-5-7-21(8-6-19)25-13-15-29-16-14-25)27-12-11-26-10-9-20-3-1-2-4-22(20)23(26)18-27/h1-8,23H,9-18H2. The lowest BCUT2D eigenvalue weighted by Crippen LogP contribution is -2.52. The van der Waals surface area contributed by atoms with Crippen LogP contribution in [0.15, 0.2) is 48.5 Å². The van der Waals surface area contributed by atoms with Crippen LogP contribution in [0.1, 0.15) is 22.7 Å². The van der Waals surface area contributed by atoms with Crippen molar-refractivity contribution in [3.63, 3.8) is 0 Å². The number of piperazine rings is 1. The Labute approximate surface area is 172 Å². The fourth-order valence-electron chi connectivity index (χ4n) is 4.89. The van der Waals surface area contributed by atoms with E-state index in [0.29, 0.717) is 12.5 Å². The Kier molecular flexibility index (Phi) is 5.25. The highest BCUT2D eigenvalue weighted by molar-refractivity contribution is 5.79. The second-order valence-electron chi connectivity index (χ2n) is 8.28. The maximum atomic E-state index is 13.0. The van der Waals surface area contributed by atoms with Crippen LogP contribution >= 0.6 is 0 Å². The molecular weight excluding hydrogens is 362 g/mol. The number of fused-ring (bicyclic) bond motifs is 3. The summed E-state index contributed by atoms with van der Waals surface area (Å²) in [7, 11) is 0. The van der Waals surface area contributed by atoms with Crippen molar-refractivity contribution in [1.82, 2.24) is 9.80 Å². The van der Waals surface area contributed by atoms with Crippen LogP contribution in [-0.4, -0.2) is 68.2 Å². The molecule has 152 valence electrons. The van der Waals surface area contributed by atoms with Crippen LogP contribution in [0.4, 0.5) is 5.69 Å². The number of rotatable bonds is 3. The van der Waals surface area contributed by atoms with Crippen LogP contribution in [0, 0.1) is 0 Å². The first-order valence-electron chi connectivity index (χ1n) is 10.8. The van der Waals surface area contributed by atoms with Gasteiger partial charge in [0.2, 0.25) is 5.91 Å². The number of carbonyl (C=O) groups is 1. The molecule has 0 N–H and O–H groups in total. The molecule has 29 heavy (non-hydrogen) atoms. The van der Waals surface area contributed by atoms with E-state index in [4.69, 9.17) is 4.74 Å². The van der Waals surface area contributed by atoms with Gasteiger partial charge in [-0.25, -0.2) is 0 Å². The maximum Gasteiger partial charge on any atom is 0.227 e. The van der Waals surface area contributed by atoms with Crippen LogP contribution in [0.5, 0.6) is 0 Å². The number of nitrogens with zero attached hydrogens (tertiary/aromatic N) is 3. The Morgan fingerprint density at radius 1 is 0.931 bits per heavy atom. The minimum absolute atomic E-state index is 0.242. The van der Waals surface area contributed by atoms with Crippen molar-refractivity contribution in [2.75, 3.05) is 57.4 Å². The fraction of sp³-hybridized carbons (Fsp3) is 0.458. The highest BCUT2D eigenvalue weighted by Crippen LogP contribution is 2.32. The van der Waals surface area contributed by atoms with Crippen LogP contribution in [0.3, 0.4) is 0 Å². The van der Waals surface area contributed by atoms with E-state index in [2.05, 4.69) is 63.2 Å². The molecular formula is C24H29N3O2. The summed E-state index contributed by atoms with van der Waals surface area (Å²) in [4.78, 5) is 20.0. The monoisotopic (exact) mass is 391 g/mol. The first-order valence-corrected chi connectivity index (χ1v) is 10.8. The summed E-state index contributed by atoms with van der Waals surface area (Å²) in [5.74, 6) is 0.242. The van der Waals surface area contributed by atoms with Gasteiger partial charge in [0.1, 0.15) is 0 Å². The Morgan fingerprint density at radius 3 is 2.55 bits per heavy atom. The van der Waals surface area contributed by atoms with Crippen molar-refractivity contribution in [2.45, 2.75) is 18.9 Å². The molecule has 2 saturated heterocycles. The van der Waals surface area contributed by atoms with E-state index in [9.17, 15) is 4.79 Å². The predicted molar refractivity (Wildman–Crippen MR) is 114 cm³/mol. The average Bonchev–Trinajstić information content (AvgIpc) is 2.79. The van der Waals surface area contributed by atoms with E-state index in [-0.39, 0.29) is 5.91 Å².